The highest BCUT2D eigenvalue weighted by atomic mass is 19.4. The van der Waals surface area contributed by atoms with Crippen molar-refractivity contribution < 1.29 is 22.7 Å². The van der Waals surface area contributed by atoms with Crippen molar-refractivity contribution in [2.75, 3.05) is 20.2 Å². The summed E-state index contributed by atoms with van der Waals surface area (Å²) in [5.74, 6) is 0.143. The molecule has 26 heavy (non-hydrogen) atoms. The molecule has 0 atom stereocenters. The summed E-state index contributed by atoms with van der Waals surface area (Å²) >= 11 is 0. The van der Waals surface area contributed by atoms with Gasteiger partial charge in [-0.2, -0.15) is 13.2 Å². The number of benzene rings is 2. The monoisotopic (exact) mass is 366 g/mol. The van der Waals surface area contributed by atoms with Crippen molar-refractivity contribution in [3.05, 3.63) is 64.7 Å². The molecule has 2 aromatic rings. The highest BCUT2D eigenvalue weighted by Crippen LogP contribution is 2.32. The fourth-order valence-corrected chi connectivity index (χ4v) is 2.54. The first kappa shape index (κ1) is 19.8. The van der Waals surface area contributed by atoms with Gasteiger partial charge in [0.15, 0.2) is 0 Å². The topological polar surface area (TPSA) is 55.6 Å². The molecular weight excluding hydrogens is 345 g/mol. The van der Waals surface area contributed by atoms with Crippen LogP contribution in [-0.4, -0.2) is 31.0 Å². The molecule has 0 saturated heterocycles. The van der Waals surface area contributed by atoms with Gasteiger partial charge in [-0.1, -0.05) is 24.3 Å². The first-order valence-corrected chi connectivity index (χ1v) is 8.08. The van der Waals surface area contributed by atoms with Gasteiger partial charge in [0.1, 0.15) is 12.4 Å². The van der Waals surface area contributed by atoms with Crippen molar-refractivity contribution in [2.45, 2.75) is 19.6 Å². The number of carbonyl (C=O) groups excluding carboxylic acids is 1. The van der Waals surface area contributed by atoms with Crippen LogP contribution in [0.1, 0.15) is 27.0 Å². The van der Waals surface area contributed by atoms with Crippen LogP contribution in [0.4, 0.5) is 13.2 Å². The van der Waals surface area contributed by atoms with Crippen LogP contribution >= 0.6 is 0 Å². The SMILES string of the molecule is Cc1ccc(C(=O)N(C)Cc2ccccc2C(F)(F)F)cc1OCCN. The van der Waals surface area contributed by atoms with Crippen LogP contribution < -0.4 is 10.5 Å². The normalized spacial score (nSPS) is 11.3. The van der Waals surface area contributed by atoms with E-state index in [1.807, 2.05) is 6.92 Å². The summed E-state index contributed by atoms with van der Waals surface area (Å²) < 4.78 is 44.8. The third-order valence-corrected chi connectivity index (χ3v) is 3.89. The van der Waals surface area contributed by atoms with Crippen LogP contribution in [0.5, 0.6) is 5.75 Å². The zero-order valence-electron chi connectivity index (χ0n) is 14.6. The largest absolute Gasteiger partial charge is 0.492 e. The predicted octanol–water partition coefficient (Wildman–Crippen LogP) is 3.62. The molecule has 0 aliphatic heterocycles. The van der Waals surface area contributed by atoms with E-state index in [1.165, 1.54) is 30.1 Å². The second-order valence-corrected chi connectivity index (χ2v) is 5.93. The molecule has 140 valence electrons. The van der Waals surface area contributed by atoms with E-state index in [2.05, 4.69) is 0 Å². The van der Waals surface area contributed by atoms with Crippen molar-refractivity contribution in [1.29, 1.82) is 0 Å². The molecule has 2 rings (SSSR count). The number of alkyl halides is 3. The molecule has 0 fully saturated rings. The van der Waals surface area contributed by atoms with Gasteiger partial charge in [-0.05, 0) is 36.2 Å². The van der Waals surface area contributed by atoms with E-state index in [0.717, 1.165) is 11.6 Å². The Labute approximate surface area is 150 Å². The molecule has 2 aromatic carbocycles. The number of amides is 1. The lowest BCUT2D eigenvalue weighted by Crippen LogP contribution is -2.27. The van der Waals surface area contributed by atoms with Gasteiger partial charge < -0.3 is 15.4 Å². The maximum atomic E-state index is 13.1. The fraction of sp³-hybridized carbons (Fsp3) is 0.316. The molecule has 7 heteroatoms. The third-order valence-electron chi connectivity index (χ3n) is 3.89. The Bertz CT molecular complexity index is 776. The molecule has 4 nitrogen and oxygen atoms in total. The Morgan fingerprint density at radius 1 is 1.19 bits per heavy atom. The quantitative estimate of drug-likeness (QED) is 0.850. The summed E-state index contributed by atoms with van der Waals surface area (Å²) in [6.07, 6.45) is -4.46. The van der Waals surface area contributed by atoms with E-state index in [9.17, 15) is 18.0 Å². The average Bonchev–Trinajstić information content (AvgIpc) is 2.60. The van der Waals surface area contributed by atoms with E-state index in [0.29, 0.717) is 24.5 Å². The molecule has 0 unspecified atom stereocenters. The Balaban J connectivity index is 2.21. The van der Waals surface area contributed by atoms with E-state index in [-0.39, 0.29) is 18.0 Å². The highest BCUT2D eigenvalue weighted by molar-refractivity contribution is 5.94. The van der Waals surface area contributed by atoms with Crippen LogP contribution in [-0.2, 0) is 12.7 Å². The number of rotatable bonds is 6. The molecule has 0 aliphatic rings. The number of hydrogen-bond donors (Lipinski definition) is 1. The minimum atomic E-state index is -4.46. The van der Waals surface area contributed by atoms with Crippen LogP contribution in [0.25, 0.3) is 0 Å². The van der Waals surface area contributed by atoms with E-state index < -0.39 is 11.7 Å². The number of nitrogens with zero attached hydrogens (tertiary/aromatic N) is 1. The molecule has 0 spiro atoms. The van der Waals surface area contributed by atoms with Crippen LogP contribution in [0.3, 0.4) is 0 Å². The minimum Gasteiger partial charge on any atom is -0.492 e. The number of ether oxygens (including phenoxy) is 1. The van der Waals surface area contributed by atoms with Crippen molar-refractivity contribution in [3.8, 4) is 5.75 Å². The summed E-state index contributed by atoms with van der Waals surface area (Å²) in [6.45, 7) is 2.34. The van der Waals surface area contributed by atoms with Crippen molar-refractivity contribution in [3.63, 3.8) is 0 Å². The number of carbonyl (C=O) groups is 1. The lowest BCUT2D eigenvalue weighted by atomic mass is 10.1. The standard InChI is InChI=1S/C19H21F3N2O2/c1-13-7-8-14(11-17(13)26-10-9-23)18(25)24(2)12-15-5-3-4-6-16(15)19(20,21)22/h3-8,11H,9-10,12,23H2,1-2H3. The first-order chi connectivity index (χ1) is 12.2. The van der Waals surface area contributed by atoms with Crippen LogP contribution in [0.2, 0.25) is 0 Å². The predicted molar refractivity (Wildman–Crippen MR) is 93.0 cm³/mol. The zero-order chi connectivity index (χ0) is 19.3. The van der Waals surface area contributed by atoms with Gasteiger partial charge in [-0.25, -0.2) is 0 Å². The van der Waals surface area contributed by atoms with E-state index in [4.69, 9.17) is 10.5 Å². The lowest BCUT2D eigenvalue weighted by molar-refractivity contribution is -0.138. The lowest BCUT2D eigenvalue weighted by Gasteiger charge is -2.21. The Kier molecular flexibility index (Phi) is 6.26. The average molecular weight is 366 g/mol. The summed E-state index contributed by atoms with van der Waals surface area (Å²) in [5, 5.41) is 0. The number of halogens is 3. The minimum absolute atomic E-state index is 0.0440. The molecule has 0 bridgehead atoms. The molecule has 0 aliphatic carbocycles. The first-order valence-electron chi connectivity index (χ1n) is 8.08. The smallest absolute Gasteiger partial charge is 0.416 e. The van der Waals surface area contributed by atoms with Gasteiger partial charge in [0, 0.05) is 25.7 Å². The van der Waals surface area contributed by atoms with Gasteiger partial charge in [0.25, 0.3) is 5.91 Å². The highest BCUT2D eigenvalue weighted by Gasteiger charge is 2.33. The molecule has 2 N–H and O–H groups in total. The van der Waals surface area contributed by atoms with Crippen molar-refractivity contribution in [1.82, 2.24) is 4.90 Å². The van der Waals surface area contributed by atoms with Gasteiger partial charge >= 0.3 is 6.18 Å². The molecule has 0 saturated carbocycles. The Morgan fingerprint density at radius 3 is 2.54 bits per heavy atom. The van der Waals surface area contributed by atoms with E-state index in [1.54, 1.807) is 18.2 Å². The second-order valence-electron chi connectivity index (χ2n) is 5.93. The van der Waals surface area contributed by atoms with Gasteiger partial charge in [0.2, 0.25) is 0 Å². The van der Waals surface area contributed by atoms with Crippen molar-refractivity contribution in [2.24, 2.45) is 5.73 Å². The number of hydrogen-bond acceptors (Lipinski definition) is 3. The summed E-state index contributed by atoms with van der Waals surface area (Å²) in [7, 11) is 1.47. The maximum Gasteiger partial charge on any atom is 0.416 e. The molecule has 1 amide bonds. The summed E-state index contributed by atoms with van der Waals surface area (Å²) in [5.41, 5.74) is 5.91. The number of nitrogens with two attached hydrogens (primary N) is 1. The van der Waals surface area contributed by atoms with Gasteiger partial charge in [0.05, 0.1) is 5.56 Å². The second kappa shape index (κ2) is 8.23. The van der Waals surface area contributed by atoms with Gasteiger partial charge in [-0.3, -0.25) is 4.79 Å². The molecule has 0 heterocycles. The third kappa shape index (κ3) is 4.76. The molecule has 0 aromatic heterocycles. The molecular formula is C19H21F3N2O2. The van der Waals surface area contributed by atoms with Crippen LogP contribution in [0, 0.1) is 6.92 Å². The van der Waals surface area contributed by atoms with Gasteiger partial charge in [-0.15, -0.1) is 0 Å². The van der Waals surface area contributed by atoms with E-state index >= 15 is 0 Å². The maximum absolute atomic E-state index is 13.1. The molecule has 0 radical (unpaired) electrons. The number of aryl methyl sites for hydroxylation is 1. The Hall–Kier alpha value is -2.54. The Morgan fingerprint density at radius 2 is 1.88 bits per heavy atom. The van der Waals surface area contributed by atoms with Crippen molar-refractivity contribution >= 4 is 5.91 Å². The fourth-order valence-electron chi connectivity index (χ4n) is 2.54. The zero-order valence-corrected chi connectivity index (χ0v) is 14.6. The van der Waals surface area contributed by atoms with Crippen LogP contribution in [0.15, 0.2) is 42.5 Å². The summed E-state index contributed by atoms with van der Waals surface area (Å²) in [6, 6.07) is 10.2. The summed E-state index contributed by atoms with van der Waals surface area (Å²) in [4.78, 5) is 13.9.